The molecule has 0 saturated heterocycles. The number of esters is 1. The van der Waals surface area contributed by atoms with E-state index in [1.165, 1.54) is 60.8 Å². The van der Waals surface area contributed by atoms with Crippen molar-refractivity contribution in [2.45, 2.75) is 64.2 Å². The second kappa shape index (κ2) is 12.1. The molecule has 4 heteroatoms. The zero-order valence-corrected chi connectivity index (χ0v) is 18.9. The van der Waals surface area contributed by atoms with Gasteiger partial charge in [-0.1, -0.05) is 43.2 Å². The minimum atomic E-state index is -0.235. The highest BCUT2D eigenvalue weighted by molar-refractivity contribution is 7.13. The molecule has 3 nitrogen and oxygen atoms in total. The molecule has 0 spiro atoms. The molecule has 162 valence electrons. The zero-order valence-electron chi connectivity index (χ0n) is 18.1. The number of aliphatic hydroxyl groups is 1. The van der Waals surface area contributed by atoms with Crippen LogP contribution >= 0.6 is 11.3 Å². The Bertz CT molecular complexity index is 819. The van der Waals surface area contributed by atoms with Gasteiger partial charge in [-0.15, -0.1) is 11.3 Å². The molecule has 1 N–H and O–H groups in total. The number of hydrogen-bond donors (Lipinski definition) is 1. The van der Waals surface area contributed by atoms with E-state index >= 15 is 0 Å². The minimum absolute atomic E-state index is 0.235. The third-order valence-electron chi connectivity index (χ3n) is 6.00. The van der Waals surface area contributed by atoms with Crippen LogP contribution in [0.15, 0.2) is 42.5 Å². The van der Waals surface area contributed by atoms with Crippen LogP contribution in [-0.4, -0.2) is 24.8 Å². The van der Waals surface area contributed by atoms with Crippen LogP contribution in [-0.2, 0) is 17.6 Å². The maximum atomic E-state index is 11.6. The van der Waals surface area contributed by atoms with Gasteiger partial charge in [-0.05, 0) is 86.1 Å². The summed E-state index contributed by atoms with van der Waals surface area (Å²) in [6, 6.07) is 13.1. The number of carbonyl (C=O) groups excluding carboxylic acids is 1. The number of ether oxygens (including phenoxy) is 1. The molecule has 3 rings (SSSR count). The van der Waals surface area contributed by atoms with Gasteiger partial charge in [-0.25, -0.2) is 4.79 Å². The third-order valence-corrected chi connectivity index (χ3v) is 7.13. The van der Waals surface area contributed by atoms with Crippen LogP contribution < -0.4 is 0 Å². The van der Waals surface area contributed by atoms with Gasteiger partial charge in [0.25, 0.3) is 0 Å². The average Bonchev–Trinajstić information content (AvgIpc) is 3.43. The maximum absolute atomic E-state index is 11.6. The number of unbranched alkanes of at least 4 members (excludes halogenated alkanes) is 3. The van der Waals surface area contributed by atoms with Crippen molar-refractivity contribution >= 4 is 22.9 Å². The van der Waals surface area contributed by atoms with Crippen LogP contribution in [0.3, 0.4) is 0 Å². The molecule has 0 aliphatic heterocycles. The SMILES string of the molecule is COC(=O)c1ccc(CCC[C@H]2CCC=C2c2ccc(CCCCCCO)cc2)s1. The van der Waals surface area contributed by atoms with Crippen LogP contribution in [0.2, 0.25) is 0 Å². The van der Waals surface area contributed by atoms with Gasteiger partial charge >= 0.3 is 5.97 Å². The molecule has 0 saturated carbocycles. The average molecular weight is 427 g/mol. The van der Waals surface area contributed by atoms with Crippen LogP contribution in [0.4, 0.5) is 0 Å². The van der Waals surface area contributed by atoms with E-state index in [1.54, 1.807) is 11.3 Å². The van der Waals surface area contributed by atoms with E-state index in [9.17, 15) is 4.79 Å². The lowest BCUT2D eigenvalue weighted by Crippen LogP contribution is -2.00. The van der Waals surface area contributed by atoms with Crippen LogP contribution in [0.1, 0.15) is 77.0 Å². The number of methoxy groups -OCH3 is 1. The first-order valence-electron chi connectivity index (χ1n) is 11.3. The molecule has 1 aromatic carbocycles. The van der Waals surface area contributed by atoms with Gasteiger partial charge in [0.1, 0.15) is 4.88 Å². The predicted octanol–water partition coefficient (Wildman–Crippen LogP) is 6.45. The summed E-state index contributed by atoms with van der Waals surface area (Å²) in [5.74, 6) is 0.412. The molecule has 1 aromatic heterocycles. The molecule has 1 aliphatic carbocycles. The Hall–Kier alpha value is -1.91. The Morgan fingerprint density at radius 2 is 1.83 bits per heavy atom. The molecule has 1 aliphatic rings. The Morgan fingerprint density at radius 3 is 2.60 bits per heavy atom. The van der Waals surface area contributed by atoms with E-state index in [1.807, 2.05) is 6.07 Å². The van der Waals surface area contributed by atoms with Crippen molar-refractivity contribution in [1.82, 2.24) is 0 Å². The van der Waals surface area contributed by atoms with E-state index in [4.69, 9.17) is 9.84 Å². The normalized spacial score (nSPS) is 15.9. The van der Waals surface area contributed by atoms with E-state index in [-0.39, 0.29) is 5.97 Å². The largest absolute Gasteiger partial charge is 0.465 e. The molecule has 2 aromatic rings. The van der Waals surface area contributed by atoms with Gasteiger partial charge < -0.3 is 9.84 Å². The topological polar surface area (TPSA) is 46.5 Å². The van der Waals surface area contributed by atoms with E-state index in [2.05, 4.69) is 36.4 Å². The summed E-state index contributed by atoms with van der Waals surface area (Å²) in [5, 5.41) is 8.86. The van der Waals surface area contributed by atoms with Crippen molar-refractivity contribution in [3.8, 4) is 0 Å². The Kier molecular flexibility index (Phi) is 9.16. The number of aryl methyl sites for hydroxylation is 2. The molecule has 0 amide bonds. The van der Waals surface area contributed by atoms with E-state index in [0.29, 0.717) is 17.4 Å². The fourth-order valence-corrected chi connectivity index (χ4v) is 5.29. The molecule has 0 unspecified atom stereocenters. The van der Waals surface area contributed by atoms with Crippen molar-refractivity contribution in [2.24, 2.45) is 5.92 Å². The fourth-order valence-electron chi connectivity index (χ4n) is 4.32. The first kappa shape index (κ1) is 22.8. The second-order valence-electron chi connectivity index (χ2n) is 8.17. The monoisotopic (exact) mass is 426 g/mol. The number of benzene rings is 1. The lowest BCUT2D eigenvalue weighted by molar-refractivity contribution is 0.0606. The van der Waals surface area contributed by atoms with E-state index in [0.717, 1.165) is 32.1 Å². The van der Waals surface area contributed by atoms with E-state index < -0.39 is 0 Å². The van der Waals surface area contributed by atoms with Crippen molar-refractivity contribution in [2.75, 3.05) is 13.7 Å². The second-order valence-corrected chi connectivity index (χ2v) is 9.34. The van der Waals surface area contributed by atoms with Crippen molar-refractivity contribution in [3.63, 3.8) is 0 Å². The molecular weight excluding hydrogens is 392 g/mol. The lowest BCUT2D eigenvalue weighted by atomic mass is 9.90. The predicted molar refractivity (Wildman–Crippen MR) is 125 cm³/mol. The molecule has 1 atom stereocenters. The highest BCUT2D eigenvalue weighted by Gasteiger charge is 2.20. The van der Waals surface area contributed by atoms with Crippen molar-refractivity contribution < 1.29 is 14.6 Å². The minimum Gasteiger partial charge on any atom is -0.465 e. The van der Waals surface area contributed by atoms with Crippen LogP contribution in [0.5, 0.6) is 0 Å². The van der Waals surface area contributed by atoms with Gasteiger partial charge in [0.15, 0.2) is 0 Å². The number of thiophene rings is 1. The Morgan fingerprint density at radius 1 is 1.03 bits per heavy atom. The molecule has 0 bridgehead atoms. The lowest BCUT2D eigenvalue weighted by Gasteiger charge is -2.15. The number of allylic oxidation sites excluding steroid dienone is 2. The van der Waals surface area contributed by atoms with Gasteiger partial charge in [0.2, 0.25) is 0 Å². The standard InChI is InChI=1S/C26H34O3S/c1-29-26(28)25-18-17-23(30-25)11-6-9-21-10-7-12-24(21)22-15-13-20(14-16-22)8-4-2-3-5-19-27/h12-18,21,27H,2-11,19H2,1H3/t21-/m0/s1. The molecule has 0 radical (unpaired) electrons. The summed E-state index contributed by atoms with van der Waals surface area (Å²) in [4.78, 5) is 13.6. The molecule has 1 heterocycles. The van der Waals surface area contributed by atoms with Gasteiger partial charge in [-0.2, -0.15) is 0 Å². The molecule has 0 fully saturated rings. The van der Waals surface area contributed by atoms with Crippen LogP contribution in [0, 0.1) is 5.92 Å². The highest BCUT2D eigenvalue weighted by Crippen LogP contribution is 2.37. The summed E-state index contributed by atoms with van der Waals surface area (Å²) in [6.07, 6.45) is 13.8. The van der Waals surface area contributed by atoms with Gasteiger partial charge in [-0.3, -0.25) is 0 Å². The first-order chi connectivity index (χ1) is 14.7. The Labute approximate surface area is 184 Å². The number of hydrogen-bond acceptors (Lipinski definition) is 4. The van der Waals surface area contributed by atoms with Gasteiger partial charge in [0, 0.05) is 11.5 Å². The van der Waals surface area contributed by atoms with Crippen LogP contribution in [0.25, 0.3) is 5.57 Å². The summed E-state index contributed by atoms with van der Waals surface area (Å²) in [7, 11) is 1.43. The van der Waals surface area contributed by atoms with Crippen molar-refractivity contribution in [1.29, 1.82) is 0 Å². The maximum Gasteiger partial charge on any atom is 0.348 e. The van der Waals surface area contributed by atoms with Gasteiger partial charge in [0.05, 0.1) is 7.11 Å². The first-order valence-corrected chi connectivity index (χ1v) is 12.1. The number of rotatable bonds is 12. The number of carbonyl (C=O) groups is 1. The summed E-state index contributed by atoms with van der Waals surface area (Å²) < 4.78 is 4.80. The fraction of sp³-hybridized carbons (Fsp3) is 0.500. The highest BCUT2D eigenvalue weighted by atomic mass is 32.1. The summed E-state index contributed by atoms with van der Waals surface area (Å²) >= 11 is 1.56. The molecular formula is C26H34O3S. The quantitative estimate of drug-likeness (QED) is 0.313. The third kappa shape index (κ3) is 6.55. The zero-order chi connectivity index (χ0) is 21.2. The molecule has 30 heavy (non-hydrogen) atoms. The number of aliphatic hydroxyl groups excluding tert-OH is 1. The Balaban J connectivity index is 1.46. The van der Waals surface area contributed by atoms with Crippen molar-refractivity contribution in [3.05, 3.63) is 63.4 Å². The summed E-state index contributed by atoms with van der Waals surface area (Å²) in [5.41, 5.74) is 4.31. The smallest absolute Gasteiger partial charge is 0.348 e. The summed E-state index contributed by atoms with van der Waals surface area (Å²) in [6.45, 7) is 0.312.